The van der Waals surface area contributed by atoms with Crippen LogP contribution < -0.4 is 0 Å². The van der Waals surface area contributed by atoms with Crippen LogP contribution in [0.3, 0.4) is 0 Å². The number of fused-ring (bicyclic) bond motifs is 2. The Morgan fingerprint density at radius 2 is 1.92 bits per heavy atom. The summed E-state index contributed by atoms with van der Waals surface area (Å²) >= 11 is 0. The molecule has 1 aliphatic carbocycles. The van der Waals surface area contributed by atoms with Crippen LogP contribution in [0.25, 0.3) is 0 Å². The van der Waals surface area contributed by atoms with E-state index in [0.29, 0.717) is 12.5 Å². The highest BCUT2D eigenvalue weighted by molar-refractivity contribution is 5.98. The summed E-state index contributed by atoms with van der Waals surface area (Å²) in [6.07, 6.45) is 2.00. The fourth-order valence-corrected chi connectivity index (χ4v) is 2.02. The zero-order valence-corrected chi connectivity index (χ0v) is 7.19. The summed E-state index contributed by atoms with van der Waals surface area (Å²) in [4.78, 5) is 11.7. The van der Waals surface area contributed by atoms with Crippen molar-refractivity contribution in [1.29, 1.82) is 0 Å². The van der Waals surface area contributed by atoms with Crippen LogP contribution in [0, 0.1) is 0 Å². The molecule has 1 aliphatic heterocycles. The standard InChI is InChI=1S/C11H10O2/c12-9-6-11-10(13-11)5-7-3-1-2-4-8(7)9/h1-4,10-11H,5-6H2. The number of rotatable bonds is 0. The van der Waals surface area contributed by atoms with Gasteiger partial charge in [-0.1, -0.05) is 24.3 Å². The number of ketones is 1. The minimum absolute atomic E-state index is 0.208. The van der Waals surface area contributed by atoms with Gasteiger partial charge in [-0.25, -0.2) is 0 Å². The second-order valence-corrected chi connectivity index (χ2v) is 3.70. The molecule has 1 heterocycles. The summed E-state index contributed by atoms with van der Waals surface area (Å²) in [5, 5.41) is 0. The maximum absolute atomic E-state index is 11.7. The number of ether oxygens (including phenoxy) is 1. The average Bonchev–Trinajstić information content (AvgIpc) is 2.83. The van der Waals surface area contributed by atoms with Crippen molar-refractivity contribution < 1.29 is 9.53 Å². The van der Waals surface area contributed by atoms with Gasteiger partial charge in [0.05, 0.1) is 12.2 Å². The summed E-state index contributed by atoms with van der Waals surface area (Å²) in [6, 6.07) is 7.85. The van der Waals surface area contributed by atoms with Gasteiger partial charge in [-0.3, -0.25) is 4.79 Å². The Labute approximate surface area is 76.5 Å². The number of Topliss-reactive ketones (excluding diaryl/α,β-unsaturated/α-hetero) is 1. The van der Waals surface area contributed by atoms with Crippen LogP contribution in [0.4, 0.5) is 0 Å². The zero-order chi connectivity index (χ0) is 8.84. The van der Waals surface area contributed by atoms with E-state index in [1.807, 2.05) is 24.3 Å². The van der Waals surface area contributed by atoms with Crippen molar-refractivity contribution in [2.24, 2.45) is 0 Å². The largest absolute Gasteiger partial charge is 0.369 e. The Morgan fingerprint density at radius 3 is 2.85 bits per heavy atom. The lowest BCUT2D eigenvalue weighted by Crippen LogP contribution is -2.02. The molecule has 2 atom stereocenters. The van der Waals surface area contributed by atoms with Gasteiger partial charge >= 0.3 is 0 Å². The van der Waals surface area contributed by atoms with Crippen LogP contribution >= 0.6 is 0 Å². The molecule has 0 N–H and O–H groups in total. The molecule has 0 spiro atoms. The van der Waals surface area contributed by atoms with Crippen LogP contribution in [-0.4, -0.2) is 18.0 Å². The third-order valence-electron chi connectivity index (χ3n) is 2.81. The molecule has 2 nitrogen and oxygen atoms in total. The van der Waals surface area contributed by atoms with Crippen LogP contribution in [-0.2, 0) is 11.2 Å². The molecule has 0 saturated carbocycles. The van der Waals surface area contributed by atoms with Crippen LogP contribution in [0.5, 0.6) is 0 Å². The average molecular weight is 174 g/mol. The fourth-order valence-electron chi connectivity index (χ4n) is 2.02. The maximum Gasteiger partial charge on any atom is 0.165 e. The van der Waals surface area contributed by atoms with E-state index < -0.39 is 0 Å². The van der Waals surface area contributed by atoms with Crippen molar-refractivity contribution in [1.82, 2.24) is 0 Å². The number of carbonyl (C=O) groups is 1. The Kier molecular flexibility index (Phi) is 1.35. The first kappa shape index (κ1) is 7.27. The first-order valence-corrected chi connectivity index (χ1v) is 4.61. The molecule has 3 rings (SSSR count). The Balaban J connectivity index is 2.09. The summed E-state index contributed by atoms with van der Waals surface area (Å²) in [5.41, 5.74) is 2.05. The van der Waals surface area contributed by atoms with Crippen LogP contribution in [0.2, 0.25) is 0 Å². The molecule has 13 heavy (non-hydrogen) atoms. The molecule has 1 saturated heterocycles. The van der Waals surface area contributed by atoms with E-state index in [1.54, 1.807) is 0 Å². The highest BCUT2D eigenvalue weighted by atomic mass is 16.6. The van der Waals surface area contributed by atoms with Gasteiger partial charge < -0.3 is 4.74 Å². The molecule has 2 aliphatic rings. The summed E-state index contributed by atoms with van der Waals surface area (Å²) in [7, 11) is 0. The van der Waals surface area contributed by atoms with Gasteiger partial charge in [0.1, 0.15) is 0 Å². The topological polar surface area (TPSA) is 29.6 Å². The van der Waals surface area contributed by atoms with Crippen molar-refractivity contribution in [3.05, 3.63) is 35.4 Å². The van der Waals surface area contributed by atoms with E-state index >= 15 is 0 Å². The Hall–Kier alpha value is -1.15. The van der Waals surface area contributed by atoms with Gasteiger partial charge in [0.25, 0.3) is 0 Å². The van der Waals surface area contributed by atoms with Crippen molar-refractivity contribution in [3.63, 3.8) is 0 Å². The van der Waals surface area contributed by atoms with Gasteiger partial charge in [-0.15, -0.1) is 0 Å². The monoisotopic (exact) mass is 174 g/mol. The number of epoxide rings is 1. The Morgan fingerprint density at radius 1 is 1.15 bits per heavy atom. The quantitative estimate of drug-likeness (QED) is 0.559. The predicted molar refractivity (Wildman–Crippen MR) is 47.8 cm³/mol. The van der Waals surface area contributed by atoms with E-state index in [4.69, 9.17) is 4.74 Å². The molecule has 0 amide bonds. The lowest BCUT2D eigenvalue weighted by molar-refractivity contribution is 0.0971. The molecular formula is C11H10O2. The molecule has 2 unspecified atom stereocenters. The molecule has 0 bridgehead atoms. The molecule has 0 aromatic heterocycles. The van der Waals surface area contributed by atoms with E-state index in [0.717, 1.165) is 17.5 Å². The highest BCUT2D eigenvalue weighted by Crippen LogP contribution is 2.34. The second-order valence-electron chi connectivity index (χ2n) is 3.70. The number of carbonyl (C=O) groups excluding carboxylic acids is 1. The molecule has 1 aromatic carbocycles. The molecule has 1 aromatic rings. The molecule has 0 radical (unpaired) electrons. The van der Waals surface area contributed by atoms with Gasteiger partial charge in [0.2, 0.25) is 0 Å². The first-order chi connectivity index (χ1) is 6.34. The fraction of sp³-hybridized carbons (Fsp3) is 0.364. The number of benzene rings is 1. The lowest BCUT2D eigenvalue weighted by atomic mass is 10.0. The minimum Gasteiger partial charge on any atom is -0.369 e. The molecule has 2 heteroatoms. The number of hydrogen-bond acceptors (Lipinski definition) is 2. The van der Waals surface area contributed by atoms with E-state index in [1.165, 1.54) is 0 Å². The normalized spacial score (nSPS) is 30.3. The van der Waals surface area contributed by atoms with E-state index in [9.17, 15) is 4.79 Å². The minimum atomic E-state index is 0.208. The van der Waals surface area contributed by atoms with Crippen molar-refractivity contribution >= 4 is 5.78 Å². The van der Waals surface area contributed by atoms with E-state index in [-0.39, 0.29) is 11.9 Å². The van der Waals surface area contributed by atoms with Crippen LogP contribution in [0.15, 0.2) is 24.3 Å². The predicted octanol–water partition coefficient (Wildman–Crippen LogP) is 1.58. The van der Waals surface area contributed by atoms with Gasteiger partial charge in [-0.05, 0) is 5.56 Å². The van der Waals surface area contributed by atoms with Gasteiger partial charge in [0.15, 0.2) is 5.78 Å². The molecular weight excluding hydrogens is 164 g/mol. The summed E-state index contributed by atoms with van der Waals surface area (Å²) < 4.78 is 5.36. The van der Waals surface area contributed by atoms with Crippen molar-refractivity contribution in [2.75, 3.05) is 0 Å². The van der Waals surface area contributed by atoms with Crippen molar-refractivity contribution in [2.45, 2.75) is 25.0 Å². The summed E-state index contributed by atoms with van der Waals surface area (Å²) in [6.45, 7) is 0. The maximum atomic E-state index is 11.7. The Bertz CT molecular complexity index is 370. The number of hydrogen-bond donors (Lipinski definition) is 0. The van der Waals surface area contributed by atoms with Gasteiger partial charge in [0, 0.05) is 18.4 Å². The smallest absolute Gasteiger partial charge is 0.165 e. The SMILES string of the molecule is O=C1CC2OC2Cc2ccccc21. The van der Waals surface area contributed by atoms with Crippen LogP contribution in [0.1, 0.15) is 22.3 Å². The first-order valence-electron chi connectivity index (χ1n) is 4.61. The molecule has 1 fully saturated rings. The van der Waals surface area contributed by atoms with Crippen molar-refractivity contribution in [3.8, 4) is 0 Å². The second kappa shape index (κ2) is 2.42. The highest BCUT2D eigenvalue weighted by Gasteiger charge is 2.43. The third-order valence-corrected chi connectivity index (χ3v) is 2.81. The zero-order valence-electron chi connectivity index (χ0n) is 7.19. The summed E-state index contributed by atoms with van der Waals surface area (Å²) in [5.74, 6) is 0.237. The van der Waals surface area contributed by atoms with E-state index in [2.05, 4.69) is 0 Å². The third kappa shape index (κ3) is 1.10. The lowest BCUT2D eigenvalue weighted by Gasteiger charge is -2.03. The molecule has 66 valence electrons. The van der Waals surface area contributed by atoms with Gasteiger partial charge in [-0.2, -0.15) is 0 Å².